The lowest BCUT2D eigenvalue weighted by Gasteiger charge is -2.07. The predicted molar refractivity (Wildman–Crippen MR) is 111 cm³/mol. The minimum absolute atomic E-state index is 0.0500. The molecule has 0 fully saturated rings. The molecule has 2 heterocycles. The zero-order chi connectivity index (χ0) is 19.3. The molecular formula is C22H24N4O2. The highest BCUT2D eigenvalue weighted by atomic mass is 16.5. The Morgan fingerprint density at radius 1 is 1.21 bits per heavy atom. The maximum atomic E-state index is 12.5. The summed E-state index contributed by atoms with van der Waals surface area (Å²) < 4.78 is 7.26. The summed E-state index contributed by atoms with van der Waals surface area (Å²) in [5.41, 5.74) is 3.75. The van der Waals surface area contributed by atoms with Crippen LogP contribution in [0.25, 0.3) is 21.9 Å². The number of H-pyrrole nitrogens is 1. The van der Waals surface area contributed by atoms with Crippen molar-refractivity contribution in [3.05, 3.63) is 66.1 Å². The number of nitrogens with one attached hydrogen (secondary N) is 2. The molecule has 0 aliphatic carbocycles. The molecule has 4 rings (SSSR count). The van der Waals surface area contributed by atoms with Crippen molar-refractivity contribution in [3.8, 4) is 0 Å². The van der Waals surface area contributed by atoms with E-state index in [1.165, 1.54) is 0 Å². The zero-order valence-electron chi connectivity index (χ0n) is 15.9. The van der Waals surface area contributed by atoms with Gasteiger partial charge in [-0.1, -0.05) is 18.2 Å². The van der Waals surface area contributed by atoms with E-state index in [2.05, 4.69) is 25.9 Å². The lowest BCUT2D eigenvalue weighted by Crippen LogP contribution is -2.24. The number of aryl methyl sites for hydroxylation is 1. The number of para-hydroxylation sites is 2. The first kappa shape index (κ1) is 18.3. The maximum absolute atomic E-state index is 12.5. The van der Waals surface area contributed by atoms with Crippen molar-refractivity contribution in [2.75, 3.05) is 20.3 Å². The van der Waals surface area contributed by atoms with Crippen LogP contribution in [0.4, 0.5) is 0 Å². The van der Waals surface area contributed by atoms with E-state index >= 15 is 0 Å². The number of fused-ring (bicyclic) bond motifs is 2. The van der Waals surface area contributed by atoms with Gasteiger partial charge in [-0.05, 0) is 42.1 Å². The molecule has 1 amide bonds. The number of hydrogen-bond acceptors (Lipinski definition) is 3. The fraction of sp³-hybridized carbons (Fsp3) is 0.273. The second-order valence-corrected chi connectivity index (χ2v) is 6.84. The highest BCUT2D eigenvalue weighted by molar-refractivity contribution is 5.98. The molecule has 0 unspecified atom stereocenters. The summed E-state index contributed by atoms with van der Waals surface area (Å²) >= 11 is 0. The number of benzene rings is 2. The number of amides is 1. The van der Waals surface area contributed by atoms with Crippen LogP contribution in [-0.2, 0) is 17.7 Å². The number of nitrogens with zero attached hydrogens (tertiary/aromatic N) is 2. The highest BCUT2D eigenvalue weighted by Crippen LogP contribution is 2.18. The van der Waals surface area contributed by atoms with Crippen molar-refractivity contribution in [2.24, 2.45) is 0 Å². The SMILES string of the molecule is COCCn1ccc2ccc(C(=O)NCCCc3nc4ccccc4[nH]3)cc21. The Morgan fingerprint density at radius 2 is 2.11 bits per heavy atom. The van der Waals surface area contributed by atoms with Gasteiger partial charge in [0.15, 0.2) is 0 Å². The minimum Gasteiger partial charge on any atom is -0.383 e. The van der Waals surface area contributed by atoms with E-state index in [4.69, 9.17) is 4.74 Å². The molecule has 0 spiro atoms. The summed E-state index contributed by atoms with van der Waals surface area (Å²) in [6, 6.07) is 15.9. The number of imidazole rings is 1. The van der Waals surface area contributed by atoms with E-state index < -0.39 is 0 Å². The van der Waals surface area contributed by atoms with E-state index in [1.54, 1.807) is 7.11 Å². The molecule has 0 aliphatic rings. The summed E-state index contributed by atoms with van der Waals surface area (Å²) in [6.07, 6.45) is 3.66. The highest BCUT2D eigenvalue weighted by Gasteiger charge is 2.09. The number of methoxy groups -OCH3 is 1. The van der Waals surface area contributed by atoms with Gasteiger partial charge in [0.2, 0.25) is 0 Å². The molecule has 2 aromatic carbocycles. The normalized spacial score (nSPS) is 11.3. The van der Waals surface area contributed by atoms with Gasteiger partial charge < -0.3 is 19.6 Å². The fourth-order valence-corrected chi connectivity index (χ4v) is 3.39. The van der Waals surface area contributed by atoms with Crippen LogP contribution in [0.2, 0.25) is 0 Å². The van der Waals surface area contributed by atoms with Crippen LogP contribution in [0, 0.1) is 0 Å². The van der Waals surface area contributed by atoms with E-state index in [0.29, 0.717) is 18.7 Å². The van der Waals surface area contributed by atoms with Gasteiger partial charge in [0.25, 0.3) is 5.91 Å². The topological polar surface area (TPSA) is 71.9 Å². The Kier molecular flexibility index (Phi) is 5.39. The molecule has 0 aliphatic heterocycles. The first-order chi connectivity index (χ1) is 13.7. The molecule has 0 bridgehead atoms. The predicted octanol–water partition coefficient (Wildman–Crippen LogP) is 3.53. The molecule has 144 valence electrons. The molecule has 0 saturated carbocycles. The second-order valence-electron chi connectivity index (χ2n) is 6.84. The van der Waals surface area contributed by atoms with Gasteiger partial charge in [-0.2, -0.15) is 0 Å². The van der Waals surface area contributed by atoms with Crippen LogP contribution in [0.3, 0.4) is 0 Å². The van der Waals surface area contributed by atoms with Crippen LogP contribution >= 0.6 is 0 Å². The van der Waals surface area contributed by atoms with Gasteiger partial charge in [0.05, 0.1) is 17.6 Å². The van der Waals surface area contributed by atoms with E-state index in [1.807, 2.05) is 48.7 Å². The Bertz CT molecular complexity index is 1060. The largest absolute Gasteiger partial charge is 0.383 e. The van der Waals surface area contributed by atoms with Crippen molar-refractivity contribution < 1.29 is 9.53 Å². The Hall–Kier alpha value is -3.12. The molecule has 2 N–H and O–H groups in total. The number of aromatic nitrogens is 3. The first-order valence-corrected chi connectivity index (χ1v) is 9.54. The summed E-state index contributed by atoms with van der Waals surface area (Å²) in [4.78, 5) is 20.4. The second kappa shape index (κ2) is 8.27. The van der Waals surface area contributed by atoms with Crippen molar-refractivity contribution in [1.29, 1.82) is 0 Å². The van der Waals surface area contributed by atoms with Gasteiger partial charge in [-0.25, -0.2) is 4.98 Å². The average Bonchev–Trinajstić information content (AvgIpc) is 3.32. The van der Waals surface area contributed by atoms with Crippen molar-refractivity contribution in [3.63, 3.8) is 0 Å². The third kappa shape index (κ3) is 3.92. The van der Waals surface area contributed by atoms with Crippen LogP contribution in [0.1, 0.15) is 22.6 Å². The number of aromatic amines is 1. The Morgan fingerprint density at radius 3 is 2.96 bits per heavy atom. The van der Waals surface area contributed by atoms with E-state index in [9.17, 15) is 4.79 Å². The van der Waals surface area contributed by atoms with E-state index in [0.717, 1.165) is 47.1 Å². The van der Waals surface area contributed by atoms with E-state index in [-0.39, 0.29) is 5.91 Å². The lowest BCUT2D eigenvalue weighted by atomic mass is 10.1. The van der Waals surface area contributed by atoms with Crippen molar-refractivity contribution in [1.82, 2.24) is 19.9 Å². The molecular weight excluding hydrogens is 352 g/mol. The summed E-state index contributed by atoms with van der Waals surface area (Å²) in [5.74, 6) is 0.902. The summed E-state index contributed by atoms with van der Waals surface area (Å²) in [6.45, 7) is 2.02. The van der Waals surface area contributed by atoms with Crippen LogP contribution in [0.5, 0.6) is 0 Å². The van der Waals surface area contributed by atoms with Gasteiger partial charge in [0.1, 0.15) is 5.82 Å². The van der Waals surface area contributed by atoms with Crippen LogP contribution < -0.4 is 5.32 Å². The Labute approximate surface area is 163 Å². The number of hydrogen-bond donors (Lipinski definition) is 2. The molecule has 0 saturated heterocycles. The van der Waals surface area contributed by atoms with Crippen LogP contribution in [0.15, 0.2) is 54.7 Å². The van der Waals surface area contributed by atoms with Gasteiger partial charge >= 0.3 is 0 Å². The van der Waals surface area contributed by atoms with Crippen LogP contribution in [-0.4, -0.2) is 40.7 Å². The lowest BCUT2D eigenvalue weighted by molar-refractivity contribution is 0.0953. The summed E-state index contributed by atoms with van der Waals surface area (Å²) in [7, 11) is 1.69. The maximum Gasteiger partial charge on any atom is 0.251 e. The third-order valence-electron chi connectivity index (χ3n) is 4.89. The van der Waals surface area contributed by atoms with Crippen molar-refractivity contribution in [2.45, 2.75) is 19.4 Å². The molecule has 0 radical (unpaired) electrons. The molecule has 28 heavy (non-hydrogen) atoms. The molecule has 6 heteroatoms. The third-order valence-corrected chi connectivity index (χ3v) is 4.89. The molecule has 4 aromatic rings. The number of ether oxygens (including phenoxy) is 1. The molecule has 2 aromatic heterocycles. The smallest absolute Gasteiger partial charge is 0.251 e. The molecule has 0 atom stereocenters. The average molecular weight is 376 g/mol. The Balaban J connectivity index is 1.34. The molecule has 6 nitrogen and oxygen atoms in total. The quantitative estimate of drug-likeness (QED) is 0.462. The first-order valence-electron chi connectivity index (χ1n) is 9.54. The number of rotatable bonds is 8. The van der Waals surface area contributed by atoms with Crippen molar-refractivity contribution >= 4 is 27.8 Å². The van der Waals surface area contributed by atoms with Gasteiger partial charge in [-0.15, -0.1) is 0 Å². The summed E-state index contributed by atoms with van der Waals surface area (Å²) in [5, 5.41) is 4.13. The number of carbonyl (C=O) groups is 1. The fourth-order valence-electron chi connectivity index (χ4n) is 3.39. The van der Waals surface area contributed by atoms with Gasteiger partial charge in [0, 0.05) is 43.9 Å². The van der Waals surface area contributed by atoms with Gasteiger partial charge in [-0.3, -0.25) is 4.79 Å². The standard InChI is InChI=1S/C22H24N4O2/c1-28-14-13-26-12-10-16-8-9-17(15-20(16)26)22(27)23-11-4-7-21-24-18-5-2-3-6-19(18)25-21/h2-3,5-6,8-10,12,15H,4,7,11,13-14H2,1H3,(H,23,27)(H,24,25). The minimum atomic E-state index is -0.0500. The zero-order valence-corrected chi connectivity index (χ0v) is 15.9. The monoisotopic (exact) mass is 376 g/mol. The number of carbonyl (C=O) groups excluding carboxylic acids is 1.